The molecule has 0 atom stereocenters. The predicted molar refractivity (Wildman–Crippen MR) is 73.4 cm³/mol. The number of nitrogens with one attached hydrogen (secondary N) is 1. The third kappa shape index (κ3) is 4.49. The van der Waals surface area contributed by atoms with Crippen LogP contribution in [0.15, 0.2) is 21.5 Å². The Bertz CT molecular complexity index is 317. The molecule has 15 heavy (non-hydrogen) atoms. The van der Waals surface area contributed by atoms with E-state index in [4.69, 9.17) is 0 Å². The molecule has 1 N–H and O–H groups in total. The minimum Gasteiger partial charge on any atom is -0.313 e. The van der Waals surface area contributed by atoms with Crippen LogP contribution in [0.2, 0.25) is 0 Å². The summed E-state index contributed by atoms with van der Waals surface area (Å²) in [4.78, 5) is 1.32. The minimum atomic E-state index is 1.01. The summed E-state index contributed by atoms with van der Waals surface area (Å²) in [7, 11) is 0. The van der Waals surface area contributed by atoms with Crippen molar-refractivity contribution in [1.82, 2.24) is 5.32 Å². The van der Waals surface area contributed by atoms with Crippen LogP contribution in [0.4, 0.5) is 0 Å². The predicted octanol–water partition coefficient (Wildman–Crippen LogP) is 4.30. The first-order chi connectivity index (χ1) is 7.27. The highest BCUT2D eigenvalue weighted by molar-refractivity contribution is 9.10. The Kier molecular flexibility index (Phi) is 6.22. The first kappa shape index (κ1) is 12.9. The molecule has 1 nitrogen and oxygen atoms in total. The van der Waals surface area contributed by atoms with Gasteiger partial charge in [0.1, 0.15) is 0 Å². The lowest BCUT2D eigenvalue weighted by molar-refractivity contribution is 0.706. The van der Waals surface area contributed by atoms with E-state index in [0.29, 0.717) is 0 Å². The second-order valence-electron chi connectivity index (χ2n) is 3.47. The third-order valence-electron chi connectivity index (χ3n) is 2.21. The second-order valence-corrected chi connectivity index (χ2v) is 5.27. The van der Waals surface area contributed by atoms with E-state index >= 15 is 0 Å². The summed E-state index contributed by atoms with van der Waals surface area (Å²) in [5.41, 5.74) is 1.46. The van der Waals surface area contributed by atoms with Gasteiger partial charge in [-0.05, 0) is 52.8 Å². The lowest BCUT2D eigenvalue weighted by Crippen LogP contribution is -2.17. The molecule has 84 valence electrons. The molecule has 0 bridgehead atoms. The van der Waals surface area contributed by atoms with E-state index in [2.05, 4.69) is 52.6 Å². The SMILES string of the molecule is CCCNC/C(=C/c1sccc1Br)CC. The van der Waals surface area contributed by atoms with Crippen molar-refractivity contribution in [2.24, 2.45) is 0 Å². The Morgan fingerprint density at radius 3 is 2.87 bits per heavy atom. The summed E-state index contributed by atoms with van der Waals surface area (Å²) in [5.74, 6) is 0. The van der Waals surface area contributed by atoms with Crippen molar-refractivity contribution >= 4 is 33.3 Å². The van der Waals surface area contributed by atoms with Gasteiger partial charge >= 0.3 is 0 Å². The van der Waals surface area contributed by atoms with Crippen molar-refractivity contribution in [3.05, 3.63) is 26.4 Å². The number of halogens is 1. The minimum absolute atomic E-state index is 1.01. The van der Waals surface area contributed by atoms with Crippen LogP contribution in [0.25, 0.3) is 6.08 Å². The van der Waals surface area contributed by atoms with Crippen molar-refractivity contribution in [3.8, 4) is 0 Å². The highest BCUT2D eigenvalue weighted by atomic mass is 79.9. The van der Waals surface area contributed by atoms with Gasteiger partial charge in [-0.2, -0.15) is 0 Å². The highest BCUT2D eigenvalue weighted by Crippen LogP contribution is 2.25. The zero-order chi connectivity index (χ0) is 11.1. The van der Waals surface area contributed by atoms with Crippen molar-refractivity contribution in [3.63, 3.8) is 0 Å². The van der Waals surface area contributed by atoms with Crippen LogP contribution in [-0.4, -0.2) is 13.1 Å². The van der Waals surface area contributed by atoms with Crippen LogP contribution >= 0.6 is 27.3 Å². The monoisotopic (exact) mass is 287 g/mol. The smallest absolute Gasteiger partial charge is 0.0412 e. The molecule has 0 amide bonds. The van der Waals surface area contributed by atoms with E-state index in [-0.39, 0.29) is 0 Å². The average Bonchev–Trinajstić information content (AvgIpc) is 2.63. The van der Waals surface area contributed by atoms with E-state index in [9.17, 15) is 0 Å². The molecule has 1 aromatic rings. The first-order valence-corrected chi connectivity index (χ1v) is 7.08. The zero-order valence-electron chi connectivity index (χ0n) is 9.35. The topological polar surface area (TPSA) is 12.0 Å². The maximum atomic E-state index is 3.55. The highest BCUT2D eigenvalue weighted by Gasteiger charge is 2.00. The molecular formula is C12H18BrNS. The fourth-order valence-electron chi connectivity index (χ4n) is 1.30. The average molecular weight is 288 g/mol. The van der Waals surface area contributed by atoms with Gasteiger partial charge in [0.15, 0.2) is 0 Å². The van der Waals surface area contributed by atoms with Gasteiger partial charge < -0.3 is 5.32 Å². The van der Waals surface area contributed by atoms with Crippen molar-refractivity contribution in [1.29, 1.82) is 0 Å². The van der Waals surface area contributed by atoms with Crippen LogP contribution in [0, 0.1) is 0 Å². The molecular weight excluding hydrogens is 270 g/mol. The summed E-state index contributed by atoms with van der Waals surface area (Å²) in [6.07, 6.45) is 4.60. The van der Waals surface area contributed by atoms with E-state index in [1.54, 1.807) is 11.3 Å². The molecule has 0 saturated carbocycles. The van der Waals surface area contributed by atoms with Crippen LogP contribution in [0.1, 0.15) is 31.6 Å². The molecule has 0 radical (unpaired) electrons. The van der Waals surface area contributed by atoms with E-state index in [1.165, 1.54) is 21.3 Å². The number of thiophene rings is 1. The molecule has 0 aliphatic heterocycles. The molecule has 0 aromatic carbocycles. The van der Waals surface area contributed by atoms with Crippen LogP contribution in [0.5, 0.6) is 0 Å². The quantitative estimate of drug-likeness (QED) is 0.769. The molecule has 1 rings (SSSR count). The van der Waals surface area contributed by atoms with Gasteiger partial charge in [0, 0.05) is 15.9 Å². The van der Waals surface area contributed by atoms with Gasteiger partial charge in [-0.25, -0.2) is 0 Å². The largest absolute Gasteiger partial charge is 0.313 e. The Morgan fingerprint density at radius 1 is 1.53 bits per heavy atom. The Balaban J connectivity index is 2.57. The lowest BCUT2D eigenvalue weighted by Gasteiger charge is -2.05. The Labute approximate surface area is 105 Å². The maximum absolute atomic E-state index is 3.55. The molecule has 0 aliphatic rings. The van der Waals surface area contributed by atoms with E-state index in [1.807, 2.05) is 0 Å². The summed E-state index contributed by atoms with van der Waals surface area (Å²) in [6.45, 7) is 6.51. The van der Waals surface area contributed by atoms with E-state index < -0.39 is 0 Å². The summed E-state index contributed by atoms with van der Waals surface area (Å²) in [5, 5.41) is 5.55. The van der Waals surface area contributed by atoms with Gasteiger partial charge in [-0.1, -0.05) is 19.4 Å². The fourth-order valence-corrected chi connectivity index (χ4v) is 2.77. The Hall–Kier alpha value is -0.120. The Morgan fingerprint density at radius 2 is 2.33 bits per heavy atom. The standard InChI is InChI=1S/C12H18BrNS/c1-3-6-14-9-10(4-2)8-12-11(13)5-7-15-12/h5,7-8,14H,3-4,6,9H2,1-2H3/b10-8+. The zero-order valence-corrected chi connectivity index (χ0v) is 11.7. The van der Waals surface area contributed by atoms with Gasteiger partial charge in [0.05, 0.1) is 0 Å². The first-order valence-electron chi connectivity index (χ1n) is 5.41. The fraction of sp³-hybridized carbons (Fsp3) is 0.500. The molecule has 0 fully saturated rings. The van der Waals surface area contributed by atoms with Gasteiger partial charge in [0.25, 0.3) is 0 Å². The molecule has 3 heteroatoms. The molecule has 0 unspecified atom stereocenters. The van der Waals surface area contributed by atoms with E-state index in [0.717, 1.165) is 19.5 Å². The van der Waals surface area contributed by atoms with Crippen LogP contribution in [0.3, 0.4) is 0 Å². The van der Waals surface area contributed by atoms with Crippen LogP contribution in [-0.2, 0) is 0 Å². The van der Waals surface area contributed by atoms with Gasteiger partial charge in [-0.3, -0.25) is 0 Å². The number of rotatable bonds is 6. The molecule has 1 heterocycles. The summed E-state index contributed by atoms with van der Waals surface area (Å²) in [6, 6.07) is 2.10. The van der Waals surface area contributed by atoms with Crippen molar-refractivity contribution in [2.75, 3.05) is 13.1 Å². The number of hydrogen-bond acceptors (Lipinski definition) is 2. The lowest BCUT2D eigenvalue weighted by atomic mass is 10.2. The van der Waals surface area contributed by atoms with Crippen molar-refractivity contribution in [2.45, 2.75) is 26.7 Å². The van der Waals surface area contributed by atoms with Crippen molar-refractivity contribution < 1.29 is 0 Å². The molecule has 0 saturated heterocycles. The van der Waals surface area contributed by atoms with Crippen LogP contribution < -0.4 is 5.32 Å². The maximum Gasteiger partial charge on any atom is 0.0412 e. The molecule has 0 aliphatic carbocycles. The van der Waals surface area contributed by atoms with Gasteiger partial charge in [0.2, 0.25) is 0 Å². The summed E-state index contributed by atoms with van der Waals surface area (Å²) < 4.78 is 1.20. The van der Waals surface area contributed by atoms with Gasteiger partial charge in [-0.15, -0.1) is 11.3 Å². The molecule has 0 spiro atoms. The normalized spacial score (nSPS) is 12.1. The third-order valence-corrected chi connectivity index (χ3v) is 4.03. The molecule has 1 aromatic heterocycles. The second kappa shape index (κ2) is 7.20. The number of hydrogen-bond donors (Lipinski definition) is 1. The summed E-state index contributed by atoms with van der Waals surface area (Å²) >= 11 is 5.33.